The van der Waals surface area contributed by atoms with Gasteiger partial charge in [0.05, 0.1) is 11.8 Å². The Labute approximate surface area is 151 Å². The van der Waals surface area contributed by atoms with Crippen LogP contribution in [0.2, 0.25) is 0 Å². The molecule has 3 rings (SSSR count). The monoisotopic (exact) mass is 357 g/mol. The summed E-state index contributed by atoms with van der Waals surface area (Å²) < 4.78 is 5.42. The Bertz CT molecular complexity index is 829. The minimum atomic E-state index is -1.05. The van der Waals surface area contributed by atoms with Crippen LogP contribution in [0.1, 0.15) is 43.5 Å². The average molecular weight is 357 g/mol. The number of hydrogen-bond donors (Lipinski definition) is 3. The number of fused-ring (bicyclic) bond motifs is 1. The molecule has 1 aliphatic rings. The van der Waals surface area contributed by atoms with Gasteiger partial charge in [-0.15, -0.1) is 0 Å². The van der Waals surface area contributed by atoms with Crippen molar-refractivity contribution < 1.29 is 19.7 Å². The fraction of sp³-hybridized carbons (Fsp3) is 0.474. The predicted molar refractivity (Wildman–Crippen MR) is 96.8 cm³/mol. The molecule has 1 saturated carbocycles. The first-order valence-corrected chi connectivity index (χ1v) is 8.81. The Balaban J connectivity index is 1.83. The number of nitrogens with zero attached hydrogens (tertiary/aromatic N) is 2. The molecule has 0 saturated heterocycles. The highest BCUT2D eigenvalue weighted by Crippen LogP contribution is 2.30. The van der Waals surface area contributed by atoms with E-state index in [1.54, 1.807) is 6.20 Å². The van der Waals surface area contributed by atoms with Gasteiger partial charge in [0.2, 0.25) is 0 Å². The minimum Gasteiger partial charge on any atom is -0.479 e. The third kappa shape index (κ3) is 4.16. The quantitative estimate of drug-likeness (QED) is 0.685. The molecule has 138 valence electrons. The van der Waals surface area contributed by atoms with Gasteiger partial charge in [0, 0.05) is 11.6 Å². The molecule has 7 nitrogen and oxygen atoms in total. The Kier molecular flexibility index (Phi) is 5.46. The van der Waals surface area contributed by atoms with Crippen molar-refractivity contribution in [3.05, 3.63) is 29.7 Å². The molecule has 26 heavy (non-hydrogen) atoms. The predicted octanol–water partition coefficient (Wildman–Crippen LogP) is 2.71. The largest absolute Gasteiger partial charge is 0.479 e. The third-order valence-corrected chi connectivity index (χ3v) is 4.82. The number of benzene rings is 1. The van der Waals surface area contributed by atoms with Crippen molar-refractivity contribution in [2.24, 2.45) is 5.92 Å². The lowest BCUT2D eigenvalue weighted by molar-refractivity contribution is -0.139. The maximum absolute atomic E-state index is 10.8. The molecule has 0 unspecified atom stereocenters. The summed E-state index contributed by atoms with van der Waals surface area (Å²) in [4.78, 5) is 19.6. The summed E-state index contributed by atoms with van der Waals surface area (Å²) >= 11 is 0. The summed E-state index contributed by atoms with van der Waals surface area (Å²) in [6, 6.07) is 3.69. The Morgan fingerprint density at radius 3 is 2.73 bits per heavy atom. The lowest BCUT2D eigenvalue weighted by Crippen LogP contribution is -2.21. The zero-order valence-electron chi connectivity index (χ0n) is 14.7. The van der Waals surface area contributed by atoms with Crippen LogP contribution in [0, 0.1) is 18.3 Å². The van der Waals surface area contributed by atoms with E-state index in [9.17, 15) is 9.90 Å². The highest BCUT2D eigenvalue weighted by molar-refractivity contribution is 5.97. The van der Waals surface area contributed by atoms with E-state index in [4.69, 9.17) is 15.3 Å². The molecule has 0 amide bonds. The van der Waals surface area contributed by atoms with E-state index < -0.39 is 12.6 Å². The number of carbonyl (C=O) groups is 1. The zero-order chi connectivity index (χ0) is 18.7. The highest BCUT2D eigenvalue weighted by atomic mass is 16.5. The fourth-order valence-electron chi connectivity index (χ4n) is 3.36. The van der Waals surface area contributed by atoms with Gasteiger partial charge in [-0.3, -0.25) is 0 Å². The van der Waals surface area contributed by atoms with Gasteiger partial charge in [-0.25, -0.2) is 14.8 Å². The van der Waals surface area contributed by atoms with E-state index >= 15 is 0 Å². The number of carboxylic acids is 1. The molecule has 1 fully saturated rings. The molecule has 1 aromatic heterocycles. The summed E-state index contributed by atoms with van der Waals surface area (Å²) in [7, 11) is 0. The molecule has 0 atom stereocenters. The van der Waals surface area contributed by atoms with Crippen molar-refractivity contribution in [2.75, 3.05) is 6.61 Å². The second-order valence-corrected chi connectivity index (χ2v) is 6.88. The molecule has 0 spiro atoms. The number of carboxylic acid groups (broad SMARTS) is 1. The van der Waals surface area contributed by atoms with Crippen molar-refractivity contribution in [1.29, 1.82) is 5.41 Å². The highest BCUT2D eigenvalue weighted by Gasteiger charge is 2.22. The molecule has 0 bridgehead atoms. The number of aryl methyl sites for hydroxylation is 1. The molecule has 2 aromatic rings. The fourth-order valence-corrected chi connectivity index (χ4v) is 3.36. The van der Waals surface area contributed by atoms with Crippen LogP contribution in [-0.4, -0.2) is 44.6 Å². The van der Waals surface area contributed by atoms with Crippen LogP contribution in [0.25, 0.3) is 10.9 Å². The Morgan fingerprint density at radius 2 is 2.04 bits per heavy atom. The molecular weight excluding hydrogens is 334 g/mol. The molecule has 1 aromatic carbocycles. The van der Waals surface area contributed by atoms with Gasteiger partial charge in [-0.05, 0) is 50.5 Å². The zero-order valence-corrected chi connectivity index (χ0v) is 14.7. The van der Waals surface area contributed by atoms with Gasteiger partial charge in [-0.2, -0.15) is 0 Å². The molecule has 0 aliphatic heterocycles. The molecule has 0 radical (unpaired) electrons. The smallest absolute Gasteiger partial charge is 0.341 e. The summed E-state index contributed by atoms with van der Waals surface area (Å²) in [6.45, 7) is 1.39. The van der Waals surface area contributed by atoms with Crippen LogP contribution in [0.4, 0.5) is 0 Å². The van der Waals surface area contributed by atoms with E-state index in [-0.39, 0.29) is 6.10 Å². The normalized spacial score (nSPS) is 20.1. The van der Waals surface area contributed by atoms with Gasteiger partial charge >= 0.3 is 5.97 Å². The second kappa shape index (κ2) is 7.78. The van der Waals surface area contributed by atoms with E-state index in [0.717, 1.165) is 36.6 Å². The van der Waals surface area contributed by atoms with Crippen molar-refractivity contribution in [3.63, 3.8) is 0 Å². The molecule has 7 heteroatoms. The first-order valence-electron chi connectivity index (χ1n) is 8.81. The number of hydrogen-bond acceptors (Lipinski definition) is 6. The van der Waals surface area contributed by atoms with Crippen LogP contribution in [-0.2, 0) is 4.79 Å². The molecule has 3 N–H and O–H groups in total. The van der Waals surface area contributed by atoms with Crippen LogP contribution >= 0.6 is 0 Å². The van der Waals surface area contributed by atoms with Crippen LogP contribution < -0.4 is 4.74 Å². The maximum Gasteiger partial charge on any atom is 0.341 e. The van der Waals surface area contributed by atoms with Crippen LogP contribution in [0.3, 0.4) is 0 Å². The molecule has 1 heterocycles. The first-order chi connectivity index (χ1) is 12.4. The van der Waals surface area contributed by atoms with E-state index in [2.05, 4.69) is 9.97 Å². The molecule has 1 aliphatic carbocycles. The lowest BCUT2D eigenvalue weighted by Gasteiger charge is -2.25. The van der Waals surface area contributed by atoms with Crippen molar-refractivity contribution in [3.8, 4) is 5.75 Å². The summed E-state index contributed by atoms with van der Waals surface area (Å²) in [6.07, 6.45) is 5.38. The van der Waals surface area contributed by atoms with Crippen molar-refractivity contribution >= 4 is 22.6 Å². The summed E-state index contributed by atoms with van der Waals surface area (Å²) in [5, 5.41) is 27.6. The maximum atomic E-state index is 10.8. The van der Waals surface area contributed by atoms with E-state index in [1.165, 1.54) is 0 Å². The standard InChI is InChI=1S/C19H23N3O4/c1-11-2-5-13-9-21-19(22-17(13)18(11)26-10-16(24)25)15(20)8-12-3-6-14(23)7-4-12/h2,5,9,12,14,20,23H,3-4,6-8,10H2,1H3,(H,24,25). The third-order valence-electron chi connectivity index (χ3n) is 4.82. The topological polar surface area (TPSA) is 116 Å². The lowest BCUT2D eigenvalue weighted by atomic mass is 9.84. The average Bonchev–Trinajstić information content (AvgIpc) is 2.62. The SMILES string of the molecule is Cc1ccc2cnc(C(=N)CC3CCC(O)CC3)nc2c1OCC(=O)O. The molecular formula is C19H23N3O4. The summed E-state index contributed by atoms with van der Waals surface area (Å²) in [5.41, 5.74) is 1.68. The number of rotatable bonds is 6. The van der Waals surface area contributed by atoms with E-state index in [1.807, 2.05) is 19.1 Å². The first kappa shape index (κ1) is 18.3. The summed E-state index contributed by atoms with van der Waals surface area (Å²) in [5.74, 6) is 0.0740. The van der Waals surface area contributed by atoms with Crippen molar-refractivity contribution in [2.45, 2.75) is 45.1 Å². The Morgan fingerprint density at radius 1 is 1.31 bits per heavy atom. The number of aromatic nitrogens is 2. The number of aliphatic hydroxyl groups excluding tert-OH is 1. The second-order valence-electron chi connectivity index (χ2n) is 6.88. The number of nitrogens with one attached hydrogen (secondary N) is 1. The van der Waals surface area contributed by atoms with Crippen molar-refractivity contribution in [1.82, 2.24) is 9.97 Å². The van der Waals surface area contributed by atoms with Gasteiger partial charge in [0.25, 0.3) is 0 Å². The number of aliphatic carboxylic acids is 1. The van der Waals surface area contributed by atoms with Crippen LogP contribution in [0.5, 0.6) is 5.75 Å². The number of aliphatic hydroxyl groups is 1. The van der Waals surface area contributed by atoms with Gasteiger partial charge in [0.1, 0.15) is 11.3 Å². The van der Waals surface area contributed by atoms with E-state index in [0.29, 0.717) is 35.1 Å². The van der Waals surface area contributed by atoms with Gasteiger partial charge < -0.3 is 20.4 Å². The number of ether oxygens (including phenoxy) is 1. The minimum absolute atomic E-state index is 0.214. The van der Waals surface area contributed by atoms with Crippen LogP contribution in [0.15, 0.2) is 18.3 Å². The Hall–Kier alpha value is -2.54. The van der Waals surface area contributed by atoms with Gasteiger partial charge in [-0.1, -0.05) is 12.1 Å². The van der Waals surface area contributed by atoms with Gasteiger partial charge in [0.15, 0.2) is 12.4 Å².